The number of ketones is 2. The number of aromatic nitrogens is 1. The fourth-order valence-electron chi connectivity index (χ4n) is 4.97. The predicted octanol–water partition coefficient (Wildman–Crippen LogP) is 7.55. The molecule has 0 saturated heterocycles. The van der Waals surface area contributed by atoms with Crippen LogP contribution < -0.4 is 0 Å². The molecule has 0 N–H and O–H groups in total. The lowest BCUT2D eigenvalue weighted by Gasteiger charge is -2.17. The first-order chi connectivity index (χ1) is 17.1. The number of halogens is 1. The second-order valence-electron chi connectivity index (χ2n) is 8.65. The third kappa shape index (κ3) is 3.28. The number of hydrogen-bond donors (Lipinski definition) is 0. The Kier molecular flexibility index (Phi) is 5.01. The molecule has 168 valence electrons. The average molecular weight is 474 g/mol. The molecule has 35 heavy (non-hydrogen) atoms. The zero-order valence-electron chi connectivity index (χ0n) is 19.0. The Labute approximate surface area is 208 Å². The number of carbonyl (C=O) groups excluding carboxylic acids is 2. The second-order valence-corrected chi connectivity index (χ2v) is 9.08. The predicted molar refractivity (Wildman–Crippen MR) is 140 cm³/mol. The van der Waals surface area contributed by atoms with Crippen LogP contribution in [0.15, 0.2) is 103 Å². The average Bonchev–Trinajstić information content (AvgIpc) is 3.25. The number of fused-ring (bicyclic) bond motifs is 2. The zero-order valence-corrected chi connectivity index (χ0v) is 19.7. The Morgan fingerprint density at radius 2 is 1.06 bits per heavy atom. The van der Waals surface area contributed by atoms with E-state index in [1.54, 1.807) is 24.3 Å². The molecule has 4 heteroatoms. The third-order valence-corrected chi connectivity index (χ3v) is 6.81. The Morgan fingerprint density at radius 3 is 1.63 bits per heavy atom. The van der Waals surface area contributed by atoms with E-state index < -0.39 is 0 Å². The van der Waals surface area contributed by atoms with Crippen molar-refractivity contribution in [2.75, 3.05) is 0 Å². The lowest BCUT2D eigenvalue weighted by molar-refractivity contribution is 0.0981. The molecule has 0 unspecified atom stereocenters. The summed E-state index contributed by atoms with van der Waals surface area (Å²) < 4.78 is 2.07. The molecule has 1 aromatic heterocycles. The van der Waals surface area contributed by atoms with E-state index in [2.05, 4.69) is 4.57 Å². The normalized spacial score (nSPS) is 12.4. The van der Waals surface area contributed by atoms with Crippen LogP contribution in [-0.2, 0) is 0 Å². The first kappa shape index (κ1) is 21.3. The molecule has 0 spiro atoms. The molecule has 1 heterocycles. The molecule has 6 rings (SSSR count). The van der Waals surface area contributed by atoms with E-state index in [1.807, 2.05) is 85.8 Å². The van der Waals surface area contributed by atoms with E-state index in [4.69, 9.17) is 11.6 Å². The van der Waals surface area contributed by atoms with Crippen molar-refractivity contribution in [2.24, 2.45) is 0 Å². The van der Waals surface area contributed by atoms with Crippen LogP contribution >= 0.6 is 11.6 Å². The van der Waals surface area contributed by atoms with Crippen molar-refractivity contribution in [3.8, 4) is 28.2 Å². The first-order valence-electron chi connectivity index (χ1n) is 11.4. The van der Waals surface area contributed by atoms with Crippen LogP contribution in [0.5, 0.6) is 0 Å². The maximum atomic E-state index is 14.0. The summed E-state index contributed by atoms with van der Waals surface area (Å²) in [6.45, 7) is 2.03. The van der Waals surface area contributed by atoms with Gasteiger partial charge < -0.3 is 4.57 Å². The summed E-state index contributed by atoms with van der Waals surface area (Å²) in [7, 11) is 0. The van der Waals surface area contributed by atoms with Crippen LogP contribution in [0.25, 0.3) is 28.2 Å². The molecule has 0 radical (unpaired) electrons. The maximum absolute atomic E-state index is 14.0. The Balaban J connectivity index is 1.83. The molecule has 0 amide bonds. The van der Waals surface area contributed by atoms with Gasteiger partial charge in [-0.1, -0.05) is 96.5 Å². The Bertz CT molecular complexity index is 1630. The highest BCUT2D eigenvalue weighted by molar-refractivity contribution is 6.33. The van der Waals surface area contributed by atoms with Gasteiger partial charge in [-0.3, -0.25) is 9.59 Å². The van der Waals surface area contributed by atoms with E-state index >= 15 is 0 Å². The van der Waals surface area contributed by atoms with Crippen LogP contribution in [-0.4, -0.2) is 16.1 Å². The minimum atomic E-state index is -0.148. The third-order valence-electron chi connectivity index (χ3n) is 6.56. The van der Waals surface area contributed by atoms with Gasteiger partial charge in [0.05, 0.1) is 22.5 Å². The molecule has 1 aliphatic carbocycles. The van der Waals surface area contributed by atoms with E-state index in [1.165, 1.54) is 0 Å². The van der Waals surface area contributed by atoms with Crippen LogP contribution in [0.2, 0.25) is 5.02 Å². The molecule has 4 aromatic carbocycles. The van der Waals surface area contributed by atoms with Gasteiger partial charge in [0.25, 0.3) is 0 Å². The number of para-hydroxylation sites is 1. The van der Waals surface area contributed by atoms with Gasteiger partial charge in [0.1, 0.15) is 0 Å². The van der Waals surface area contributed by atoms with Crippen molar-refractivity contribution in [1.29, 1.82) is 0 Å². The highest BCUT2D eigenvalue weighted by atomic mass is 35.5. The minimum absolute atomic E-state index is 0.142. The van der Waals surface area contributed by atoms with Crippen molar-refractivity contribution in [1.82, 2.24) is 4.57 Å². The number of nitrogens with zero attached hydrogens (tertiary/aromatic N) is 1. The molecule has 5 aromatic rings. The topological polar surface area (TPSA) is 39.1 Å². The molecule has 0 saturated carbocycles. The van der Waals surface area contributed by atoms with Gasteiger partial charge in [-0.2, -0.15) is 0 Å². The van der Waals surface area contributed by atoms with E-state index in [9.17, 15) is 9.59 Å². The molecule has 1 aliphatic rings. The number of aryl methyl sites for hydroxylation is 1. The van der Waals surface area contributed by atoms with Crippen molar-refractivity contribution in [3.63, 3.8) is 0 Å². The summed E-state index contributed by atoms with van der Waals surface area (Å²) in [5, 5.41) is 0.604. The number of benzene rings is 4. The van der Waals surface area contributed by atoms with Gasteiger partial charge in [0, 0.05) is 21.8 Å². The van der Waals surface area contributed by atoms with Crippen LogP contribution in [0.3, 0.4) is 0 Å². The quantitative estimate of drug-likeness (QED) is 0.266. The number of carbonyl (C=O) groups is 2. The summed E-state index contributed by atoms with van der Waals surface area (Å²) in [6, 6.07) is 32.3. The van der Waals surface area contributed by atoms with Crippen molar-refractivity contribution < 1.29 is 9.59 Å². The standard InChI is InChI=1S/C31H20ClNO2/c1-19-9-5-8-14-25(19)33-28(20-10-3-2-4-11-20)26-27(29(33)21-15-17-22(32)18-16-21)31(35)24-13-7-6-12-23(24)30(26)34/h2-18H,1H3. The minimum Gasteiger partial charge on any atom is -0.307 e. The van der Waals surface area contributed by atoms with Crippen molar-refractivity contribution >= 4 is 23.2 Å². The summed E-state index contributed by atoms with van der Waals surface area (Å²) in [4.78, 5) is 28.1. The summed E-state index contributed by atoms with van der Waals surface area (Å²) in [5.74, 6) is -0.290. The van der Waals surface area contributed by atoms with Gasteiger partial charge in [0.15, 0.2) is 11.6 Å². The SMILES string of the molecule is Cc1ccccc1-n1c(-c2ccccc2)c2c(c1-c1ccc(Cl)cc1)C(=O)c1ccccc1C2=O. The first-order valence-corrected chi connectivity index (χ1v) is 11.8. The van der Waals surface area contributed by atoms with E-state index in [0.29, 0.717) is 38.7 Å². The zero-order chi connectivity index (χ0) is 24.1. The van der Waals surface area contributed by atoms with Gasteiger partial charge >= 0.3 is 0 Å². The Morgan fingerprint density at radius 1 is 0.571 bits per heavy atom. The molecule has 0 aliphatic heterocycles. The van der Waals surface area contributed by atoms with Crippen LogP contribution in [0, 0.1) is 6.92 Å². The molecular weight excluding hydrogens is 454 g/mol. The van der Waals surface area contributed by atoms with Crippen molar-refractivity contribution in [3.05, 3.63) is 136 Å². The Hall–Kier alpha value is -4.21. The number of hydrogen-bond acceptors (Lipinski definition) is 2. The van der Waals surface area contributed by atoms with Gasteiger partial charge in [-0.15, -0.1) is 0 Å². The number of rotatable bonds is 3. The molecule has 0 fully saturated rings. The molecular formula is C31H20ClNO2. The van der Waals surface area contributed by atoms with E-state index in [0.717, 1.165) is 22.4 Å². The largest absolute Gasteiger partial charge is 0.307 e. The summed E-state index contributed by atoms with van der Waals surface area (Å²) >= 11 is 6.22. The lowest BCUT2D eigenvalue weighted by Crippen LogP contribution is -2.20. The lowest BCUT2D eigenvalue weighted by atomic mass is 9.83. The fraction of sp³-hybridized carbons (Fsp3) is 0.0323. The fourth-order valence-corrected chi connectivity index (χ4v) is 5.09. The highest BCUT2D eigenvalue weighted by Crippen LogP contribution is 2.45. The monoisotopic (exact) mass is 473 g/mol. The highest BCUT2D eigenvalue weighted by Gasteiger charge is 2.39. The second kappa shape index (κ2) is 8.23. The summed E-state index contributed by atoms with van der Waals surface area (Å²) in [5.41, 5.74) is 6.77. The summed E-state index contributed by atoms with van der Waals surface area (Å²) in [6.07, 6.45) is 0. The van der Waals surface area contributed by atoms with Crippen molar-refractivity contribution in [2.45, 2.75) is 6.92 Å². The van der Waals surface area contributed by atoms with Gasteiger partial charge in [-0.05, 0) is 41.8 Å². The van der Waals surface area contributed by atoms with E-state index in [-0.39, 0.29) is 11.6 Å². The molecule has 3 nitrogen and oxygen atoms in total. The molecule has 0 atom stereocenters. The van der Waals surface area contributed by atoms with Crippen LogP contribution in [0.1, 0.15) is 37.4 Å². The van der Waals surface area contributed by atoms with Crippen LogP contribution in [0.4, 0.5) is 0 Å². The van der Waals surface area contributed by atoms with Gasteiger partial charge in [0.2, 0.25) is 0 Å². The smallest absolute Gasteiger partial charge is 0.196 e. The van der Waals surface area contributed by atoms with Gasteiger partial charge in [-0.25, -0.2) is 0 Å². The maximum Gasteiger partial charge on any atom is 0.196 e. The molecule has 0 bridgehead atoms.